The van der Waals surface area contributed by atoms with Crippen LogP contribution in [0.3, 0.4) is 0 Å². The average molecular weight is 412 g/mol. The Bertz CT molecular complexity index is 1200. The van der Waals surface area contributed by atoms with E-state index in [1.54, 1.807) is 36.4 Å². The summed E-state index contributed by atoms with van der Waals surface area (Å²) in [6.45, 7) is 2.67. The Kier molecular flexibility index (Phi) is 4.85. The molecule has 1 amide bonds. The van der Waals surface area contributed by atoms with Gasteiger partial charge < -0.3 is 15.4 Å². The zero-order valence-electron chi connectivity index (χ0n) is 16.0. The molecule has 4 rings (SSSR count). The lowest BCUT2D eigenvalue weighted by atomic mass is 10.2. The van der Waals surface area contributed by atoms with Gasteiger partial charge in [0.2, 0.25) is 0 Å². The van der Waals surface area contributed by atoms with Gasteiger partial charge >= 0.3 is 0 Å². The van der Waals surface area contributed by atoms with E-state index in [2.05, 4.69) is 15.7 Å². The number of para-hydroxylation sites is 1. The fourth-order valence-corrected chi connectivity index (χ4v) is 4.67. The number of nitrogens with zero attached hydrogens (tertiary/aromatic N) is 2. The van der Waals surface area contributed by atoms with Crippen LogP contribution in [0.15, 0.2) is 53.4 Å². The van der Waals surface area contributed by atoms with Crippen molar-refractivity contribution in [2.75, 3.05) is 12.4 Å². The van der Waals surface area contributed by atoms with Gasteiger partial charge in [0.25, 0.3) is 15.9 Å². The summed E-state index contributed by atoms with van der Waals surface area (Å²) >= 11 is 0. The van der Waals surface area contributed by atoms with Crippen molar-refractivity contribution in [2.24, 2.45) is 0 Å². The van der Waals surface area contributed by atoms with Crippen LogP contribution in [-0.2, 0) is 23.1 Å². The van der Waals surface area contributed by atoms with Crippen LogP contribution < -0.4 is 15.4 Å². The molecular weight excluding hydrogens is 392 g/mol. The monoisotopic (exact) mass is 412 g/mol. The number of benzene rings is 2. The number of fused-ring (bicyclic) bond motifs is 1. The Morgan fingerprint density at radius 3 is 2.72 bits per heavy atom. The summed E-state index contributed by atoms with van der Waals surface area (Å²) < 4.78 is 32.7. The highest BCUT2D eigenvalue weighted by atomic mass is 32.2. The Hall–Kier alpha value is -3.17. The van der Waals surface area contributed by atoms with Crippen LogP contribution in [-0.4, -0.2) is 30.6 Å². The summed E-state index contributed by atoms with van der Waals surface area (Å²) in [5.41, 5.74) is 2.36. The molecule has 3 aromatic rings. The highest BCUT2D eigenvalue weighted by Gasteiger charge is 2.30. The molecule has 0 unspecified atom stereocenters. The highest BCUT2D eigenvalue weighted by molar-refractivity contribution is 7.90. The third kappa shape index (κ3) is 3.39. The molecule has 29 heavy (non-hydrogen) atoms. The maximum atomic E-state index is 13.3. The van der Waals surface area contributed by atoms with Crippen LogP contribution >= 0.6 is 0 Å². The van der Waals surface area contributed by atoms with Gasteiger partial charge in [0.05, 0.1) is 23.3 Å². The lowest BCUT2D eigenvalue weighted by Gasteiger charge is -2.13. The number of ether oxygens (including phenoxy) is 1. The van der Waals surface area contributed by atoms with Crippen molar-refractivity contribution in [1.82, 2.24) is 14.5 Å². The number of carbonyl (C=O) groups is 1. The maximum Gasteiger partial charge on any atom is 0.284 e. The lowest BCUT2D eigenvalue weighted by molar-refractivity contribution is 0.102. The van der Waals surface area contributed by atoms with Crippen LogP contribution in [0.5, 0.6) is 5.75 Å². The predicted molar refractivity (Wildman–Crippen MR) is 107 cm³/mol. The number of rotatable bonds is 5. The summed E-state index contributed by atoms with van der Waals surface area (Å²) in [5, 5.41) is 10.1. The van der Waals surface area contributed by atoms with Gasteiger partial charge in [-0.15, -0.1) is 4.09 Å². The van der Waals surface area contributed by atoms with E-state index < -0.39 is 15.9 Å². The summed E-state index contributed by atoms with van der Waals surface area (Å²) in [6, 6.07) is 13.3. The minimum atomic E-state index is -3.98. The van der Waals surface area contributed by atoms with Gasteiger partial charge in [-0.25, -0.2) is 0 Å². The van der Waals surface area contributed by atoms with E-state index >= 15 is 0 Å². The van der Waals surface area contributed by atoms with Crippen molar-refractivity contribution in [1.29, 1.82) is 0 Å². The molecule has 0 saturated carbocycles. The lowest BCUT2D eigenvalue weighted by Crippen LogP contribution is -2.23. The third-order valence-corrected chi connectivity index (χ3v) is 6.30. The summed E-state index contributed by atoms with van der Waals surface area (Å²) in [6.07, 6.45) is 0. The molecule has 8 nitrogen and oxygen atoms in total. The molecule has 2 N–H and O–H groups in total. The van der Waals surface area contributed by atoms with Crippen LogP contribution in [0.25, 0.3) is 0 Å². The summed E-state index contributed by atoms with van der Waals surface area (Å²) in [5.74, 6) is 0.0625. The molecule has 2 aromatic carbocycles. The number of anilines is 1. The number of hydrogen-bond acceptors (Lipinski definition) is 6. The van der Waals surface area contributed by atoms with Gasteiger partial charge in [0, 0.05) is 18.7 Å². The fourth-order valence-electron chi connectivity index (χ4n) is 3.29. The van der Waals surface area contributed by atoms with Gasteiger partial charge in [-0.1, -0.05) is 24.3 Å². The van der Waals surface area contributed by atoms with Crippen molar-refractivity contribution >= 4 is 21.7 Å². The van der Waals surface area contributed by atoms with E-state index in [4.69, 9.17) is 4.74 Å². The second-order valence-electron chi connectivity index (χ2n) is 6.70. The van der Waals surface area contributed by atoms with E-state index in [0.29, 0.717) is 35.7 Å². The van der Waals surface area contributed by atoms with Gasteiger partial charge in [0.1, 0.15) is 5.75 Å². The summed E-state index contributed by atoms with van der Waals surface area (Å²) in [4.78, 5) is 13.0. The molecular formula is C20H20N4O4S. The number of aromatic nitrogens is 2. The number of carbonyl (C=O) groups excluding carboxylic acids is 1. The van der Waals surface area contributed by atoms with E-state index in [-0.39, 0.29) is 10.7 Å². The standard InChI is InChI=1S/C20H20N4O4S/c1-13-6-5-7-14(10-13)29(26,27)24-19(16-11-21-12-17(16)23-24)22-20(25)15-8-3-4-9-18(15)28-2/h3-10,21H,11-12H2,1-2H3,(H,22,25). The van der Waals surface area contributed by atoms with Gasteiger partial charge in [-0.3, -0.25) is 4.79 Å². The Balaban J connectivity index is 1.79. The fraction of sp³-hybridized carbons (Fsp3) is 0.200. The van der Waals surface area contributed by atoms with Crippen molar-refractivity contribution < 1.29 is 17.9 Å². The number of hydrogen-bond donors (Lipinski definition) is 2. The molecule has 1 aliphatic rings. The molecule has 0 aliphatic carbocycles. The van der Waals surface area contributed by atoms with Crippen molar-refractivity contribution in [3.05, 3.63) is 70.9 Å². The van der Waals surface area contributed by atoms with Crippen LogP contribution in [0.4, 0.5) is 5.82 Å². The van der Waals surface area contributed by atoms with E-state index in [9.17, 15) is 13.2 Å². The van der Waals surface area contributed by atoms with Crippen LogP contribution in [0.2, 0.25) is 0 Å². The molecule has 0 bridgehead atoms. The quantitative estimate of drug-likeness (QED) is 0.667. The molecule has 2 heterocycles. The first-order valence-electron chi connectivity index (χ1n) is 9.00. The maximum absolute atomic E-state index is 13.3. The summed E-state index contributed by atoms with van der Waals surface area (Å²) in [7, 11) is -2.51. The third-order valence-electron chi connectivity index (χ3n) is 4.73. The Morgan fingerprint density at radius 2 is 1.97 bits per heavy atom. The molecule has 0 spiro atoms. The van der Waals surface area contributed by atoms with Crippen molar-refractivity contribution in [2.45, 2.75) is 24.9 Å². The molecule has 0 radical (unpaired) electrons. The Labute approximate surface area is 168 Å². The second-order valence-corrected chi connectivity index (χ2v) is 8.46. The largest absolute Gasteiger partial charge is 0.496 e. The molecule has 0 saturated heterocycles. The predicted octanol–water partition coefficient (Wildman–Crippen LogP) is 2.29. The second kappa shape index (κ2) is 7.34. The van der Waals surface area contributed by atoms with E-state index in [1.165, 1.54) is 13.2 Å². The first-order chi connectivity index (χ1) is 13.9. The van der Waals surface area contributed by atoms with Crippen LogP contribution in [0, 0.1) is 6.92 Å². The minimum absolute atomic E-state index is 0.111. The number of nitrogens with one attached hydrogen (secondary N) is 2. The molecule has 1 aliphatic heterocycles. The van der Waals surface area contributed by atoms with Gasteiger partial charge in [0.15, 0.2) is 5.82 Å². The average Bonchev–Trinajstić information content (AvgIpc) is 3.31. The SMILES string of the molecule is COc1ccccc1C(=O)Nc1c2c(nn1S(=O)(=O)c1cccc(C)c1)CNC2. The molecule has 150 valence electrons. The number of amides is 1. The molecule has 0 atom stereocenters. The zero-order valence-corrected chi connectivity index (χ0v) is 16.8. The minimum Gasteiger partial charge on any atom is -0.496 e. The van der Waals surface area contributed by atoms with E-state index in [1.807, 2.05) is 13.0 Å². The van der Waals surface area contributed by atoms with Crippen molar-refractivity contribution in [3.8, 4) is 5.75 Å². The number of aryl methyl sites for hydroxylation is 1. The first kappa shape index (κ1) is 19.2. The number of methoxy groups -OCH3 is 1. The zero-order chi connectivity index (χ0) is 20.6. The molecule has 9 heteroatoms. The topological polar surface area (TPSA) is 102 Å². The van der Waals surface area contributed by atoms with Crippen LogP contribution in [0.1, 0.15) is 27.2 Å². The van der Waals surface area contributed by atoms with Crippen molar-refractivity contribution in [3.63, 3.8) is 0 Å². The molecule has 1 aromatic heterocycles. The normalized spacial score (nSPS) is 13.2. The Morgan fingerprint density at radius 1 is 1.17 bits per heavy atom. The van der Waals surface area contributed by atoms with E-state index in [0.717, 1.165) is 9.65 Å². The molecule has 0 fully saturated rings. The highest BCUT2D eigenvalue weighted by Crippen LogP contribution is 2.29. The van der Waals surface area contributed by atoms with Gasteiger partial charge in [-0.2, -0.15) is 13.5 Å². The smallest absolute Gasteiger partial charge is 0.284 e. The first-order valence-corrected chi connectivity index (χ1v) is 10.4. The van der Waals surface area contributed by atoms with Gasteiger partial charge in [-0.05, 0) is 36.8 Å².